The summed E-state index contributed by atoms with van der Waals surface area (Å²) in [4.78, 5) is 4.70. The molecule has 0 unspecified atom stereocenters. The second kappa shape index (κ2) is 12.2. The molecule has 0 fully saturated rings. The van der Waals surface area contributed by atoms with Crippen molar-refractivity contribution in [3.63, 3.8) is 0 Å². The van der Waals surface area contributed by atoms with Gasteiger partial charge in [0.25, 0.3) is 0 Å². The van der Waals surface area contributed by atoms with Crippen LogP contribution in [-0.4, -0.2) is 0 Å². The number of nitrogens with zero attached hydrogens (tertiary/aromatic N) is 2. The van der Waals surface area contributed by atoms with Crippen LogP contribution in [0.2, 0.25) is 0 Å². The van der Waals surface area contributed by atoms with Crippen LogP contribution in [-0.2, 0) is 0 Å². The lowest BCUT2D eigenvalue weighted by atomic mass is 10.00. The van der Waals surface area contributed by atoms with Gasteiger partial charge in [-0.25, -0.2) is 0 Å². The van der Waals surface area contributed by atoms with Crippen molar-refractivity contribution in [3.8, 4) is 11.1 Å². The Bertz CT molecular complexity index is 2500. The van der Waals surface area contributed by atoms with E-state index in [-0.39, 0.29) is 0 Å². The molecule has 3 heteroatoms. The Kier molecular flexibility index (Phi) is 7.14. The van der Waals surface area contributed by atoms with Gasteiger partial charge in [0, 0.05) is 39.5 Å². The zero-order valence-corrected chi connectivity index (χ0v) is 26.8. The predicted molar refractivity (Wildman–Crippen MR) is 206 cm³/mol. The molecule has 0 atom stereocenters. The number of anilines is 6. The Morgan fingerprint density at radius 3 is 1.59 bits per heavy atom. The van der Waals surface area contributed by atoms with Crippen molar-refractivity contribution in [3.05, 3.63) is 194 Å². The fraction of sp³-hybridized carbons (Fsp3) is 0. The summed E-state index contributed by atoms with van der Waals surface area (Å²) in [6, 6.07) is 68.4. The van der Waals surface area contributed by atoms with Crippen LogP contribution in [0.25, 0.3) is 43.8 Å². The van der Waals surface area contributed by atoms with Crippen LogP contribution in [0.15, 0.2) is 199 Å². The first-order valence-electron chi connectivity index (χ1n) is 16.6. The van der Waals surface area contributed by atoms with Crippen LogP contribution in [0, 0.1) is 0 Å². The maximum absolute atomic E-state index is 6.95. The normalized spacial score (nSPS) is 11.3. The van der Waals surface area contributed by atoms with Crippen molar-refractivity contribution < 1.29 is 4.42 Å². The maximum Gasteiger partial charge on any atom is 0.143 e. The first kappa shape index (κ1) is 28.6. The molecule has 0 amide bonds. The van der Waals surface area contributed by atoms with Gasteiger partial charge < -0.3 is 14.2 Å². The van der Waals surface area contributed by atoms with Gasteiger partial charge in [-0.3, -0.25) is 0 Å². The highest BCUT2D eigenvalue weighted by Gasteiger charge is 2.25. The third-order valence-corrected chi connectivity index (χ3v) is 9.20. The fourth-order valence-electron chi connectivity index (χ4n) is 7.02. The van der Waals surface area contributed by atoms with Crippen molar-refractivity contribution >= 4 is 66.8 Å². The van der Waals surface area contributed by atoms with E-state index in [0.29, 0.717) is 0 Å². The van der Waals surface area contributed by atoms with E-state index in [0.717, 1.165) is 78.0 Å². The number of hydrogen-bond donors (Lipinski definition) is 0. The summed E-state index contributed by atoms with van der Waals surface area (Å²) in [5.74, 6) is 0. The zero-order valence-electron chi connectivity index (χ0n) is 26.8. The smallest absolute Gasteiger partial charge is 0.143 e. The molecule has 1 aromatic heterocycles. The van der Waals surface area contributed by atoms with E-state index >= 15 is 0 Å². The van der Waals surface area contributed by atoms with E-state index in [2.05, 4.69) is 204 Å². The van der Waals surface area contributed by atoms with Crippen molar-refractivity contribution in [2.75, 3.05) is 9.80 Å². The van der Waals surface area contributed by atoms with Gasteiger partial charge in [0.05, 0.1) is 22.4 Å². The highest BCUT2D eigenvalue weighted by Crippen LogP contribution is 2.49. The van der Waals surface area contributed by atoms with Gasteiger partial charge in [0.1, 0.15) is 11.2 Å². The Hall–Kier alpha value is -6.58. The molecule has 49 heavy (non-hydrogen) atoms. The lowest BCUT2D eigenvalue weighted by Crippen LogP contribution is -2.14. The molecule has 0 bridgehead atoms. The van der Waals surface area contributed by atoms with Gasteiger partial charge in [0.2, 0.25) is 0 Å². The molecule has 0 aliphatic heterocycles. The minimum atomic E-state index is 0.828. The molecule has 0 N–H and O–H groups in total. The number of hydrogen-bond acceptors (Lipinski definition) is 3. The lowest BCUT2D eigenvalue weighted by Gasteiger charge is -2.31. The molecular formula is C46H32N2O. The molecule has 8 aromatic carbocycles. The Morgan fingerprint density at radius 1 is 0.367 bits per heavy atom. The van der Waals surface area contributed by atoms with E-state index in [4.69, 9.17) is 4.42 Å². The van der Waals surface area contributed by atoms with Crippen LogP contribution < -0.4 is 9.80 Å². The van der Waals surface area contributed by atoms with Crippen LogP contribution in [0.1, 0.15) is 0 Å². The summed E-state index contributed by atoms with van der Waals surface area (Å²) in [7, 11) is 0. The lowest BCUT2D eigenvalue weighted by molar-refractivity contribution is 0.673. The molecule has 9 aromatic rings. The maximum atomic E-state index is 6.95. The Morgan fingerprint density at radius 2 is 0.918 bits per heavy atom. The standard InChI is InChI=1S/C46H32N2O/c1-5-17-33(18-6-1)39-26-15-16-28-42(39)48(37-24-11-4-12-25-37)43-31-38(47(35-20-7-2-8-21-35)36-22-9-3-10-23-36)32-44-45(43)41-30-29-34-19-13-14-27-40(34)46(41)49-44/h1-32H. The van der Waals surface area contributed by atoms with Gasteiger partial charge in [-0.1, -0.05) is 133 Å². The van der Waals surface area contributed by atoms with Crippen molar-refractivity contribution in [1.29, 1.82) is 0 Å². The first-order chi connectivity index (χ1) is 24.3. The highest BCUT2D eigenvalue weighted by atomic mass is 16.3. The van der Waals surface area contributed by atoms with E-state index < -0.39 is 0 Å². The van der Waals surface area contributed by atoms with Crippen molar-refractivity contribution in [2.24, 2.45) is 0 Å². The second-order valence-electron chi connectivity index (χ2n) is 12.2. The van der Waals surface area contributed by atoms with Crippen LogP contribution in [0.4, 0.5) is 34.1 Å². The molecule has 3 nitrogen and oxygen atoms in total. The highest BCUT2D eigenvalue weighted by molar-refractivity contribution is 6.20. The largest absolute Gasteiger partial charge is 0.455 e. The predicted octanol–water partition coefficient (Wildman–Crippen LogP) is 13.3. The van der Waals surface area contributed by atoms with Crippen molar-refractivity contribution in [2.45, 2.75) is 0 Å². The molecule has 9 rings (SSSR count). The van der Waals surface area contributed by atoms with E-state index in [9.17, 15) is 0 Å². The molecular weight excluding hydrogens is 597 g/mol. The van der Waals surface area contributed by atoms with Crippen molar-refractivity contribution in [1.82, 2.24) is 0 Å². The summed E-state index contributed by atoms with van der Waals surface area (Å²) in [5, 5.41) is 4.40. The summed E-state index contributed by atoms with van der Waals surface area (Å²) in [5.41, 5.74) is 10.3. The number of fused-ring (bicyclic) bond motifs is 5. The number of para-hydroxylation sites is 4. The summed E-state index contributed by atoms with van der Waals surface area (Å²) >= 11 is 0. The molecule has 0 aliphatic carbocycles. The fourth-order valence-corrected chi connectivity index (χ4v) is 7.02. The van der Waals surface area contributed by atoms with Gasteiger partial charge in [-0.2, -0.15) is 0 Å². The van der Waals surface area contributed by atoms with Gasteiger partial charge in [0.15, 0.2) is 0 Å². The molecule has 0 saturated carbocycles. The number of benzene rings is 8. The first-order valence-corrected chi connectivity index (χ1v) is 16.6. The van der Waals surface area contributed by atoms with Gasteiger partial charge in [-0.05, 0) is 65.5 Å². The number of furan rings is 1. The Labute approximate surface area is 285 Å². The van der Waals surface area contributed by atoms with Gasteiger partial charge >= 0.3 is 0 Å². The topological polar surface area (TPSA) is 19.6 Å². The molecule has 0 spiro atoms. The third-order valence-electron chi connectivity index (χ3n) is 9.20. The summed E-state index contributed by atoms with van der Waals surface area (Å²) < 4.78 is 6.95. The summed E-state index contributed by atoms with van der Waals surface area (Å²) in [6.07, 6.45) is 0. The molecule has 1 heterocycles. The SMILES string of the molecule is c1ccc(-c2ccccc2N(c2ccccc2)c2cc(N(c3ccccc3)c3ccccc3)cc3oc4c5ccccc5ccc4c23)cc1. The molecule has 0 radical (unpaired) electrons. The van der Waals surface area contributed by atoms with E-state index in [1.54, 1.807) is 0 Å². The molecule has 0 aliphatic rings. The minimum absolute atomic E-state index is 0.828. The quantitative estimate of drug-likeness (QED) is 0.175. The number of rotatable bonds is 7. The van der Waals surface area contributed by atoms with Gasteiger partial charge in [-0.15, -0.1) is 0 Å². The van der Waals surface area contributed by atoms with Crippen LogP contribution in [0.5, 0.6) is 0 Å². The average molecular weight is 629 g/mol. The van der Waals surface area contributed by atoms with Crippen LogP contribution >= 0.6 is 0 Å². The van der Waals surface area contributed by atoms with E-state index in [1.165, 1.54) is 0 Å². The van der Waals surface area contributed by atoms with E-state index in [1.807, 2.05) is 0 Å². The zero-order chi connectivity index (χ0) is 32.6. The second-order valence-corrected chi connectivity index (χ2v) is 12.2. The third kappa shape index (κ3) is 5.09. The molecule has 232 valence electrons. The van der Waals surface area contributed by atoms with Crippen LogP contribution in [0.3, 0.4) is 0 Å². The summed E-state index contributed by atoms with van der Waals surface area (Å²) in [6.45, 7) is 0. The average Bonchev–Trinajstić information content (AvgIpc) is 3.56. The minimum Gasteiger partial charge on any atom is -0.455 e. The Balaban J connectivity index is 1.41. The monoisotopic (exact) mass is 628 g/mol. The molecule has 0 saturated heterocycles.